The zero-order valence-electron chi connectivity index (χ0n) is 15.8. The average molecular weight is 399 g/mol. The number of benzene rings is 2. The molecule has 2 aromatic rings. The van der Waals surface area contributed by atoms with Crippen LogP contribution in [0.15, 0.2) is 65.3 Å². The number of carboxylic acid groups (broad SMARTS) is 1. The number of oxime groups is 1. The van der Waals surface area contributed by atoms with Gasteiger partial charge in [-0.1, -0.05) is 65.3 Å². The minimum atomic E-state index is -0.857. The van der Waals surface area contributed by atoms with Gasteiger partial charge in [-0.15, -0.1) is 0 Å². The molecule has 0 atom stereocenters. The van der Waals surface area contributed by atoms with E-state index in [-0.39, 0.29) is 0 Å². The summed E-state index contributed by atoms with van der Waals surface area (Å²) in [6.07, 6.45) is 2.52. The third-order valence-electron chi connectivity index (χ3n) is 4.69. The molecule has 3 rings (SSSR count). The monoisotopic (exact) mass is 398 g/mol. The Morgan fingerprint density at radius 3 is 2.61 bits per heavy atom. The summed E-state index contributed by atoms with van der Waals surface area (Å²) in [7, 11) is 0. The van der Waals surface area contributed by atoms with Crippen molar-refractivity contribution in [3.05, 3.63) is 81.9 Å². The Morgan fingerprint density at radius 2 is 1.89 bits per heavy atom. The molecule has 0 saturated carbocycles. The highest BCUT2D eigenvalue weighted by Crippen LogP contribution is 2.22. The van der Waals surface area contributed by atoms with Crippen molar-refractivity contribution in [3.8, 4) is 0 Å². The van der Waals surface area contributed by atoms with Gasteiger partial charge in [0.15, 0.2) is 0 Å². The van der Waals surface area contributed by atoms with E-state index in [1.165, 1.54) is 0 Å². The van der Waals surface area contributed by atoms with Crippen LogP contribution < -0.4 is 0 Å². The van der Waals surface area contributed by atoms with Gasteiger partial charge in [-0.05, 0) is 25.0 Å². The van der Waals surface area contributed by atoms with Gasteiger partial charge >= 0.3 is 5.97 Å². The first kappa shape index (κ1) is 20.1. The Morgan fingerprint density at radius 1 is 1.18 bits per heavy atom. The fourth-order valence-corrected chi connectivity index (χ4v) is 3.39. The number of carboxylic acids is 1. The van der Waals surface area contributed by atoms with E-state index in [1.54, 1.807) is 6.08 Å². The molecule has 0 saturated heterocycles. The Kier molecular flexibility index (Phi) is 6.85. The van der Waals surface area contributed by atoms with Gasteiger partial charge in [0.05, 0.1) is 5.02 Å². The zero-order chi connectivity index (χ0) is 19.9. The predicted octanol–water partition coefficient (Wildman–Crippen LogP) is 4.13. The van der Waals surface area contributed by atoms with Crippen LogP contribution in [-0.4, -0.2) is 47.9 Å². The Bertz CT molecular complexity index is 861. The van der Waals surface area contributed by atoms with Crippen molar-refractivity contribution in [1.29, 1.82) is 0 Å². The third kappa shape index (κ3) is 5.00. The van der Waals surface area contributed by atoms with E-state index in [1.807, 2.05) is 55.5 Å². The Balaban J connectivity index is 1.72. The van der Waals surface area contributed by atoms with Crippen molar-refractivity contribution in [1.82, 2.24) is 4.90 Å². The van der Waals surface area contributed by atoms with E-state index < -0.39 is 5.97 Å². The van der Waals surface area contributed by atoms with Crippen molar-refractivity contribution in [3.63, 3.8) is 0 Å². The van der Waals surface area contributed by atoms with Gasteiger partial charge in [0, 0.05) is 36.3 Å². The van der Waals surface area contributed by atoms with Gasteiger partial charge < -0.3 is 9.94 Å². The second-order valence-electron chi connectivity index (χ2n) is 6.67. The maximum absolute atomic E-state index is 11.1. The van der Waals surface area contributed by atoms with E-state index in [2.05, 4.69) is 10.1 Å². The second-order valence-corrected chi connectivity index (χ2v) is 7.07. The molecule has 1 aliphatic rings. The van der Waals surface area contributed by atoms with Crippen LogP contribution in [-0.2, 0) is 9.63 Å². The summed E-state index contributed by atoms with van der Waals surface area (Å²) in [6, 6.07) is 15.5. The van der Waals surface area contributed by atoms with Gasteiger partial charge in [0.25, 0.3) is 0 Å². The van der Waals surface area contributed by atoms with Gasteiger partial charge in [0.1, 0.15) is 12.3 Å². The summed E-state index contributed by atoms with van der Waals surface area (Å²) in [6.45, 7) is 4.25. The van der Waals surface area contributed by atoms with Crippen LogP contribution in [0.4, 0.5) is 0 Å². The molecule has 0 unspecified atom stereocenters. The number of nitrogens with zero attached hydrogens (tertiary/aromatic N) is 2. The number of aryl methyl sites for hydroxylation is 1. The van der Waals surface area contributed by atoms with E-state index in [0.717, 1.165) is 29.7 Å². The van der Waals surface area contributed by atoms with Crippen LogP contribution in [0.1, 0.15) is 23.1 Å². The summed E-state index contributed by atoms with van der Waals surface area (Å²) in [4.78, 5) is 18.8. The van der Waals surface area contributed by atoms with E-state index in [0.29, 0.717) is 36.0 Å². The molecule has 0 spiro atoms. The molecule has 0 bridgehead atoms. The SMILES string of the molecule is Cc1ccccc1/C(=N\OCCN1CCC=C(C(=O)O)C1)c1ccccc1Cl. The molecule has 6 heteroatoms. The summed E-state index contributed by atoms with van der Waals surface area (Å²) < 4.78 is 0. The molecule has 1 N–H and O–H groups in total. The molecule has 0 aliphatic carbocycles. The fraction of sp³-hybridized carbons (Fsp3) is 0.273. The molecule has 1 aliphatic heterocycles. The van der Waals surface area contributed by atoms with Gasteiger partial charge in [-0.3, -0.25) is 4.90 Å². The van der Waals surface area contributed by atoms with Gasteiger partial charge in [0.2, 0.25) is 0 Å². The van der Waals surface area contributed by atoms with Crippen LogP contribution >= 0.6 is 11.6 Å². The number of hydrogen-bond donors (Lipinski definition) is 1. The Labute approximate surface area is 169 Å². The van der Waals surface area contributed by atoms with Gasteiger partial charge in [-0.2, -0.15) is 0 Å². The quantitative estimate of drug-likeness (QED) is 0.432. The first-order valence-electron chi connectivity index (χ1n) is 9.22. The predicted molar refractivity (Wildman–Crippen MR) is 111 cm³/mol. The minimum absolute atomic E-state index is 0.368. The van der Waals surface area contributed by atoms with Crippen molar-refractivity contribution in [2.75, 3.05) is 26.2 Å². The molecular weight excluding hydrogens is 376 g/mol. The molecule has 28 heavy (non-hydrogen) atoms. The van der Waals surface area contributed by atoms with Crippen LogP contribution in [0.25, 0.3) is 0 Å². The van der Waals surface area contributed by atoms with Gasteiger partial charge in [-0.25, -0.2) is 4.79 Å². The molecular formula is C22H23ClN2O3. The third-order valence-corrected chi connectivity index (χ3v) is 5.02. The maximum Gasteiger partial charge on any atom is 0.332 e. The second kappa shape index (κ2) is 9.53. The highest BCUT2D eigenvalue weighted by molar-refractivity contribution is 6.35. The minimum Gasteiger partial charge on any atom is -0.478 e. The van der Waals surface area contributed by atoms with Crippen molar-refractivity contribution < 1.29 is 14.7 Å². The lowest BCUT2D eigenvalue weighted by Gasteiger charge is -2.24. The largest absolute Gasteiger partial charge is 0.478 e. The first-order chi connectivity index (χ1) is 13.6. The number of hydrogen-bond acceptors (Lipinski definition) is 4. The number of carbonyl (C=O) groups is 1. The number of aliphatic carboxylic acids is 1. The van der Waals surface area contributed by atoms with Crippen molar-refractivity contribution in [2.24, 2.45) is 5.16 Å². The topological polar surface area (TPSA) is 62.1 Å². The normalized spacial score (nSPS) is 15.2. The highest BCUT2D eigenvalue weighted by Gasteiger charge is 2.17. The van der Waals surface area contributed by atoms with Crippen LogP contribution in [0.5, 0.6) is 0 Å². The van der Waals surface area contributed by atoms with Crippen LogP contribution in [0, 0.1) is 6.92 Å². The lowest BCUT2D eigenvalue weighted by atomic mass is 9.98. The Hall–Kier alpha value is -2.63. The molecule has 0 fully saturated rings. The van der Waals surface area contributed by atoms with E-state index in [4.69, 9.17) is 21.5 Å². The number of halogens is 1. The maximum atomic E-state index is 11.1. The summed E-state index contributed by atoms with van der Waals surface area (Å²) in [5.74, 6) is -0.857. The zero-order valence-corrected chi connectivity index (χ0v) is 16.5. The number of rotatable bonds is 7. The standard InChI is InChI=1S/C22H23ClN2O3/c1-16-7-2-3-9-18(16)21(19-10-4-5-11-20(19)23)24-28-14-13-25-12-6-8-17(15-25)22(26)27/h2-5,7-11H,6,12-15H2,1H3,(H,26,27)/b24-21+. The lowest BCUT2D eigenvalue weighted by molar-refractivity contribution is -0.133. The first-order valence-corrected chi connectivity index (χ1v) is 9.59. The van der Waals surface area contributed by atoms with Crippen LogP contribution in [0.2, 0.25) is 5.02 Å². The summed E-state index contributed by atoms with van der Waals surface area (Å²) in [5.41, 5.74) is 3.98. The molecule has 0 aromatic heterocycles. The van der Waals surface area contributed by atoms with Crippen molar-refractivity contribution in [2.45, 2.75) is 13.3 Å². The summed E-state index contributed by atoms with van der Waals surface area (Å²) >= 11 is 6.40. The highest BCUT2D eigenvalue weighted by atomic mass is 35.5. The molecule has 5 nitrogen and oxygen atoms in total. The van der Waals surface area contributed by atoms with E-state index in [9.17, 15) is 4.79 Å². The van der Waals surface area contributed by atoms with Crippen molar-refractivity contribution >= 4 is 23.3 Å². The molecule has 1 heterocycles. The molecule has 0 radical (unpaired) electrons. The lowest BCUT2D eigenvalue weighted by Crippen LogP contribution is -2.34. The smallest absolute Gasteiger partial charge is 0.332 e. The summed E-state index contributed by atoms with van der Waals surface area (Å²) in [5, 5.41) is 14.2. The van der Waals surface area contributed by atoms with Crippen LogP contribution in [0.3, 0.4) is 0 Å². The molecule has 146 valence electrons. The molecule has 0 amide bonds. The fourth-order valence-electron chi connectivity index (χ4n) is 3.17. The molecule has 2 aromatic carbocycles. The van der Waals surface area contributed by atoms with E-state index >= 15 is 0 Å². The average Bonchev–Trinajstić information content (AvgIpc) is 2.70.